The highest BCUT2D eigenvalue weighted by molar-refractivity contribution is 6.53. The zero-order valence-corrected chi connectivity index (χ0v) is 15.3. The summed E-state index contributed by atoms with van der Waals surface area (Å²) in [6.07, 6.45) is -1.66. The number of halogens is 4. The van der Waals surface area contributed by atoms with Crippen molar-refractivity contribution >= 4 is 29.1 Å². The van der Waals surface area contributed by atoms with Crippen molar-refractivity contribution in [2.45, 2.75) is 23.2 Å². The lowest BCUT2D eigenvalue weighted by atomic mass is 9.99. The standard InChI is InChI=1S/C18H15Cl2F2N3O2/c19-17(20)18(27)25-15(7-21)16(26)11-3-1-10(2-4-11)12-5-6-14(24-9-12)13(22)8-23/h1-6,9,13,15-17,26H,7H2,(H,25,27). The Labute approximate surface area is 164 Å². The number of nitriles is 1. The van der Waals surface area contributed by atoms with Gasteiger partial charge >= 0.3 is 0 Å². The summed E-state index contributed by atoms with van der Waals surface area (Å²) in [7, 11) is 0. The Kier molecular flexibility index (Phi) is 7.48. The number of rotatable bonds is 7. The van der Waals surface area contributed by atoms with Crippen molar-refractivity contribution in [3.63, 3.8) is 0 Å². The lowest BCUT2D eigenvalue weighted by Crippen LogP contribution is -2.43. The zero-order chi connectivity index (χ0) is 20.0. The number of hydrogen-bond donors (Lipinski definition) is 2. The second-order valence-corrected chi connectivity index (χ2v) is 6.70. The number of benzene rings is 1. The van der Waals surface area contributed by atoms with Crippen LogP contribution in [0, 0.1) is 11.3 Å². The van der Waals surface area contributed by atoms with Crippen LogP contribution < -0.4 is 5.32 Å². The van der Waals surface area contributed by atoms with E-state index in [-0.39, 0.29) is 5.69 Å². The van der Waals surface area contributed by atoms with Crippen LogP contribution in [-0.2, 0) is 4.79 Å². The number of hydrogen-bond acceptors (Lipinski definition) is 4. The van der Waals surface area contributed by atoms with Crippen molar-refractivity contribution in [1.82, 2.24) is 10.3 Å². The minimum absolute atomic E-state index is 0.0201. The third kappa shape index (κ3) is 5.36. The predicted octanol–water partition coefficient (Wildman–Crippen LogP) is 3.57. The lowest BCUT2D eigenvalue weighted by molar-refractivity contribution is -0.121. The molecule has 9 heteroatoms. The van der Waals surface area contributed by atoms with Crippen molar-refractivity contribution in [3.05, 3.63) is 53.9 Å². The minimum Gasteiger partial charge on any atom is -0.386 e. The molecule has 3 atom stereocenters. The second kappa shape index (κ2) is 9.60. The Bertz CT molecular complexity index is 811. The van der Waals surface area contributed by atoms with E-state index in [0.29, 0.717) is 11.1 Å². The number of amides is 1. The highest BCUT2D eigenvalue weighted by Crippen LogP contribution is 2.25. The molecule has 5 nitrogen and oxygen atoms in total. The van der Waals surface area contributed by atoms with E-state index >= 15 is 0 Å². The van der Waals surface area contributed by atoms with Gasteiger partial charge in [-0.1, -0.05) is 53.5 Å². The van der Waals surface area contributed by atoms with Crippen LogP contribution in [0.15, 0.2) is 42.6 Å². The molecule has 1 aromatic carbocycles. The zero-order valence-electron chi connectivity index (χ0n) is 13.8. The maximum absolute atomic E-state index is 13.3. The molecular formula is C18H15Cl2F2N3O2. The van der Waals surface area contributed by atoms with E-state index in [1.165, 1.54) is 18.3 Å². The summed E-state index contributed by atoms with van der Waals surface area (Å²) in [5.74, 6) is -0.800. The van der Waals surface area contributed by atoms with Gasteiger partial charge in [0, 0.05) is 11.8 Å². The highest BCUT2D eigenvalue weighted by Gasteiger charge is 2.25. The maximum Gasteiger partial charge on any atom is 0.253 e. The SMILES string of the molecule is N#CC(F)c1ccc(-c2ccc(C(O)C(CF)NC(=O)C(Cl)Cl)cc2)cn1. The molecule has 0 fully saturated rings. The first-order valence-corrected chi connectivity index (χ1v) is 8.67. The second-order valence-electron chi connectivity index (χ2n) is 5.60. The molecule has 0 aliphatic carbocycles. The molecule has 27 heavy (non-hydrogen) atoms. The Morgan fingerprint density at radius 2 is 1.85 bits per heavy atom. The lowest BCUT2D eigenvalue weighted by Gasteiger charge is -2.22. The molecule has 1 aromatic heterocycles. The molecule has 0 saturated heterocycles. The number of carbonyl (C=O) groups is 1. The van der Waals surface area contributed by atoms with Crippen LogP contribution in [0.25, 0.3) is 11.1 Å². The molecule has 142 valence electrons. The van der Waals surface area contributed by atoms with Crippen molar-refractivity contribution in [1.29, 1.82) is 5.26 Å². The van der Waals surface area contributed by atoms with Crippen LogP contribution in [0.1, 0.15) is 23.5 Å². The maximum atomic E-state index is 13.3. The molecule has 1 amide bonds. The molecule has 0 aliphatic rings. The number of carbonyl (C=O) groups excluding carboxylic acids is 1. The van der Waals surface area contributed by atoms with E-state index in [4.69, 9.17) is 28.5 Å². The van der Waals surface area contributed by atoms with E-state index in [0.717, 1.165) is 5.56 Å². The summed E-state index contributed by atoms with van der Waals surface area (Å²) in [6.45, 7) is -1.01. The minimum atomic E-state index is -1.79. The van der Waals surface area contributed by atoms with Gasteiger partial charge in [0.25, 0.3) is 5.91 Å². The van der Waals surface area contributed by atoms with Crippen LogP contribution in [0.4, 0.5) is 8.78 Å². The summed E-state index contributed by atoms with van der Waals surface area (Å²) in [4.78, 5) is 14.0. The van der Waals surface area contributed by atoms with Gasteiger partial charge in [-0.2, -0.15) is 5.26 Å². The van der Waals surface area contributed by atoms with E-state index in [1.807, 2.05) is 0 Å². The molecule has 0 radical (unpaired) electrons. The van der Waals surface area contributed by atoms with Crippen LogP contribution in [0.2, 0.25) is 0 Å². The summed E-state index contributed by atoms with van der Waals surface area (Å²) >= 11 is 10.8. The first-order chi connectivity index (χ1) is 12.9. The number of alkyl halides is 4. The Hall–Kier alpha value is -2.27. The average Bonchev–Trinajstić information content (AvgIpc) is 2.70. The molecule has 2 aromatic rings. The molecule has 0 spiro atoms. The fraction of sp³-hybridized carbons (Fsp3) is 0.278. The molecule has 1 heterocycles. The van der Waals surface area contributed by atoms with Crippen LogP contribution >= 0.6 is 23.2 Å². The van der Waals surface area contributed by atoms with E-state index < -0.39 is 35.7 Å². The number of aliphatic hydroxyl groups excluding tert-OH is 1. The van der Waals surface area contributed by atoms with Crippen molar-refractivity contribution in [3.8, 4) is 17.2 Å². The summed E-state index contributed by atoms with van der Waals surface area (Å²) in [5, 5.41) is 21.1. The Balaban J connectivity index is 2.14. The van der Waals surface area contributed by atoms with Gasteiger partial charge in [0.2, 0.25) is 6.17 Å². The van der Waals surface area contributed by atoms with Crippen LogP contribution in [0.5, 0.6) is 0 Å². The number of nitrogens with zero attached hydrogens (tertiary/aromatic N) is 2. The summed E-state index contributed by atoms with van der Waals surface area (Å²) in [6, 6.07) is 9.74. The van der Waals surface area contributed by atoms with E-state index in [1.54, 1.807) is 30.3 Å². The third-order valence-corrected chi connectivity index (χ3v) is 4.21. The normalized spacial score (nSPS) is 14.3. The molecule has 2 rings (SSSR count). The number of nitrogens with one attached hydrogen (secondary N) is 1. The molecule has 3 unspecified atom stereocenters. The van der Waals surface area contributed by atoms with Gasteiger partial charge in [-0.3, -0.25) is 9.78 Å². The Morgan fingerprint density at radius 1 is 1.22 bits per heavy atom. The number of aromatic nitrogens is 1. The van der Waals surface area contributed by atoms with Gasteiger partial charge in [0.1, 0.15) is 18.8 Å². The highest BCUT2D eigenvalue weighted by atomic mass is 35.5. The monoisotopic (exact) mass is 413 g/mol. The van der Waals surface area contributed by atoms with E-state index in [9.17, 15) is 18.7 Å². The first kappa shape index (κ1) is 21.0. The van der Waals surface area contributed by atoms with Gasteiger partial charge < -0.3 is 10.4 Å². The largest absolute Gasteiger partial charge is 0.386 e. The smallest absolute Gasteiger partial charge is 0.253 e. The number of pyridine rings is 1. The summed E-state index contributed by atoms with van der Waals surface area (Å²) < 4.78 is 26.4. The first-order valence-electron chi connectivity index (χ1n) is 7.80. The molecule has 2 N–H and O–H groups in total. The summed E-state index contributed by atoms with van der Waals surface area (Å²) in [5.41, 5.74) is 1.79. The fourth-order valence-electron chi connectivity index (χ4n) is 2.34. The van der Waals surface area contributed by atoms with Gasteiger partial charge in [-0.15, -0.1) is 0 Å². The third-order valence-electron chi connectivity index (χ3n) is 3.82. The van der Waals surface area contributed by atoms with Gasteiger partial charge in [0.15, 0.2) is 4.84 Å². The van der Waals surface area contributed by atoms with Crippen LogP contribution in [0.3, 0.4) is 0 Å². The molecule has 0 saturated carbocycles. The molecule has 0 aliphatic heterocycles. The fourth-order valence-corrected chi connectivity index (χ4v) is 2.47. The molecule has 0 bridgehead atoms. The van der Waals surface area contributed by atoms with Crippen molar-refractivity contribution < 1.29 is 18.7 Å². The van der Waals surface area contributed by atoms with Crippen molar-refractivity contribution in [2.24, 2.45) is 0 Å². The van der Waals surface area contributed by atoms with Crippen molar-refractivity contribution in [2.75, 3.05) is 6.67 Å². The number of aliphatic hydroxyl groups is 1. The van der Waals surface area contributed by atoms with E-state index in [2.05, 4.69) is 10.3 Å². The van der Waals surface area contributed by atoms with Gasteiger partial charge in [-0.05, 0) is 17.2 Å². The predicted molar refractivity (Wildman–Crippen MR) is 97.5 cm³/mol. The van der Waals surface area contributed by atoms with Gasteiger partial charge in [-0.25, -0.2) is 8.78 Å². The molecular weight excluding hydrogens is 399 g/mol. The topological polar surface area (TPSA) is 86.0 Å². The van der Waals surface area contributed by atoms with Crippen LogP contribution in [-0.4, -0.2) is 33.6 Å². The van der Waals surface area contributed by atoms with Gasteiger partial charge in [0.05, 0.1) is 11.7 Å². The quantitative estimate of drug-likeness (QED) is 0.679. The Morgan fingerprint density at radius 3 is 2.33 bits per heavy atom. The average molecular weight is 414 g/mol.